The van der Waals surface area contributed by atoms with Crippen LogP contribution in [0.3, 0.4) is 0 Å². The SMILES string of the molecule is NC(=S)c1ccccc1CS(=O)(=O)NCCc1cccs1. The summed E-state index contributed by atoms with van der Waals surface area (Å²) in [6.07, 6.45) is 0.688. The lowest BCUT2D eigenvalue weighted by molar-refractivity contribution is 0.581. The number of nitrogens with two attached hydrogens (primary N) is 1. The number of thiophene rings is 1. The first-order chi connectivity index (χ1) is 9.98. The van der Waals surface area contributed by atoms with Crippen molar-refractivity contribution in [3.8, 4) is 0 Å². The van der Waals surface area contributed by atoms with Crippen LogP contribution in [0, 0.1) is 0 Å². The molecule has 0 aliphatic heterocycles. The van der Waals surface area contributed by atoms with Gasteiger partial charge in [0.15, 0.2) is 0 Å². The van der Waals surface area contributed by atoms with Gasteiger partial charge in [-0.25, -0.2) is 13.1 Å². The number of hydrogen-bond acceptors (Lipinski definition) is 4. The third-order valence-corrected chi connectivity index (χ3v) is 5.39. The summed E-state index contributed by atoms with van der Waals surface area (Å²) in [6.45, 7) is 0.387. The minimum Gasteiger partial charge on any atom is -0.389 e. The quantitative estimate of drug-likeness (QED) is 0.757. The third-order valence-electron chi connectivity index (χ3n) is 2.90. The number of thiocarbonyl (C=S) groups is 1. The second-order valence-electron chi connectivity index (χ2n) is 4.50. The van der Waals surface area contributed by atoms with Gasteiger partial charge in [-0.1, -0.05) is 42.5 Å². The maximum Gasteiger partial charge on any atom is 0.215 e. The van der Waals surface area contributed by atoms with E-state index in [9.17, 15) is 8.42 Å². The predicted molar refractivity (Wildman–Crippen MR) is 91.0 cm³/mol. The first-order valence-corrected chi connectivity index (χ1v) is 9.29. The molecule has 0 saturated carbocycles. The zero-order chi connectivity index (χ0) is 15.3. The smallest absolute Gasteiger partial charge is 0.215 e. The lowest BCUT2D eigenvalue weighted by Gasteiger charge is -2.10. The highest BCUT2D eigenvalue weighted by molar-refractivity contribution is 7.88. The van der Waals surface area contributed by atoms with Crippen LogP contribution >= 0.6 is 23.6 Å². The van der Waals surface area contributed by atoms with E-state index in [0.717, 1.165) is 4.88 Å². The summed E-state index contributed by atoms with van der Waals surface area (Å²) in [7, 11) is -3.40. The Kier molecular flexibility index (Phi) is 5.46. The average Bonchev–Trinajstić information content (AvgIpc) is 2.91. The Morgan fingerprint density at radius 1 is 1.24 bits per heavy atom. The topological polar surface area (TPSA) is 72.2 Å². The Bertz CT molecular complexity index is 710. The van der Waals surface area contributed by atoms with Gasteiger partial charge in [0, 0.05) is 17.0 Å². The van der Waals surface area contributed by atoms with E-state index in [1.54, 1.807) is 35.6 Å². The van der Waals surface area contributed by atoms with E-state index in [4.69, 9.17) is 18.0 Å². The summed E-state index contributed by atoms with van der Waals surface area (Å²) in [5.74, 6) is -0.120. The molecule has 0 aliphatic carbocycles. The third kappa shape index (κ3) is 4.89. The van der Waals surface area contributed by atoms with Gasteiger partial charge in [-0.2, -0.15) is 0 Å². The summed E-state index contributed by atoms with van der Waals surface area (Å²) >= 11 is 6.56. The van der Waals surface area contributed by atoms with E-state index in [1.807, 2.05) is 17.5 Å². The van der Waals surface area contributed by atoms with Crippen molar-refractivity contribution in [3.05, 3.63) is 57.8 Å². The maximum absolute atomic E-state index is 12.1. The molecule has 21 heavy (non-hydrogen) atoms. The molecule has 2 aromatic rings. The summed E-state index contributed by atoms with van der Waals surface area (Å²) in [5, 5.41) is 1.97. The Labute approximate surface area is 134 Å². The fourth-order valence-corrected chi connectivity index (χ4v) is 4.01. The number of rotatable bonds is 7. The van der Waals surface area contributed by atoms with E-state index in [1.165, 1.54) is 0 Å². The van der Waals surface area contributed by atoms with Gasteiger partial charge in [0.25, 0.3) is 0 Å². The second-order valence-corrected chi connectivity index (χ2v) is 7.78. The van der Waals surface area contributed by atoms with Crippen molar-refractivity contribution in [1.82, 2.24) is 4.72 Å². The van der Waals surface area contributed by atoms with E-state index in [-0.39, 0.29) is 10.7 Å². The molecule has 0 unspecified atom stereocenters. The van der Waals surface area contributed by atoms with Crippen LogP contribution in [0.1, 0.15) is 16.0 Å². The molecule has 3 N–H and O–H groups in total. The van der Waals surface area contributed by atoms with Gasteiger partial charge < -0.3 is 5.73 Å². The monoisotopic (exact) mass is 340 g/mol. The van der Waals surface area contributed by atoms with E-state index < -0.39 is 10.0 Å². The standard InChI is InChI=1S/C14H16N2O2S3/c15-14(19)13-6-2-1-4-11(13)10-21(17,18)16-8-7-12-5-3-9-20-12/h1-6,9,16H,7-8,10H2,(H2,15,19). The second kappa shape index (κ2) is 7.13. The lowest BCUT2D eigenvalue weighted by atomic mass is 10.1. The average molecular weight is 340 g/mol. The molecule has 0 aliphatic rings. The fraction of sp³-hybridized carbons (Fsp3) is 0.214. The Morgan fingerprint density at radius 2 is 2.00 bits per heavy atom. The molecule has 0 spiro atoms. The Balaban J connectivity index is 1.99. The van der Waals surface area contributed by atoms with Crippen LogP contribution in [0.15, 0.2) is 41.8 Å². The van der Waals surface area contributed by atoms with Crippen LogP contribution < -0.4 is 10.5 Å². The maximum atomic E-state index is 12.1. The van der Waals surface area contributed by atoms with Gasteiger partial charge in [0.1, 0.15) is 4.99 Å². The van der Waals surface area contributed by atoms with Crippen molar-refractivity contribution in [1.29, 1.82) is 0 Å². The molecule has 1 heterocycles. The first kappa shape index (κ1) is 16.1. The highest BCUT2D eigenvalue weighted by Gasteiger charge is 2.14. The molecule has 0 amide bonds. The van der Waals surface area contributed by atoms with Crippen molar-refractivity contribution in [2.75, 3.05) is 6.54 Å². The van der Waals surface area contributed by atoms with E-state index in [2.05, 4.69) is 4.72 Å². The molecule has 0 saturated heterocycles. The number of benzene rings is 1. The van der Waals surface area contributed by atoms with Crippen LogP contribution in [0.4, 0.5) is 0 Å². The molecule has 0 atom stereocenters. The van der Waals surface area contributed by atoms with Crippen LogP contribution in [0.5, 0.6) is 0 Å². The molecule has 0 bridgehead atoms. The molecule has 0 radical (unpaired) electrons. The van der Waals surface area contributed by atoms with Crippen molar-refractivity contribution < 1.29 is 8.42 Å². The van der Waals surface area contributed by atoms with Crippen molar-refractivity contribution in [3.63, 3.8) is 0 Å². The molecular weight excluding hydrogens is 324 g/mol. The number of hydrogen-bond donors (Lipinski definition) is 2. The summed E-state index contributed by atoms with van der Waals surface area (Å²) in [5.41, 5.74) is 6.84. The normalized spacial score (nSPS) is 11.4. The molecule has 112 valence electrons. The summed E-state index contributed by atoms with van der Waals surface area (Å²) in [6, 6.07) is 11.0. The Hall–Kier alpha value is -1.28. The van der Waals surface area contributed by atoms with Crippen molar-refractivity contribution in [2.24, 2.45) is 5.73 Å². The van der Waals surface area contributed by atoms with Gasteiger partial charge in [-0.15, -0.1) is 11.3 Å². The fourth-order valence-electron chi connectivity index (χ4n) is 1.93. The van der Waals surface area contributed by atoms with Gasteiger partial charge >= 0.3 is 0 Å². The lowest BCUT2D eigenvalue weighted by Crippen LogP contribution is -2.28. The number of nitrogens with one attached hydrogen (secondary N) is 1. The van der Waals surface area contributed by atoms with Crippen LogP contribution in [-0.4, -0.2) is 20.0 Å². The molecule has 7 heteroatoms. The van der Waals surface area contributed by atoms with E-state index in [0.29, 0.717) is 24.1 Å². The molecule has 2 rings (SSSR count). The highest BCUT2D eigenvalue weighted by Crippen LogP contribution is 2.13. The molecule has 1 aromatic carbocycles. The zero-order valence-electron chi connectivity index (χ0n) is 11.3. The first-order valence-electron chi connectivity index (χ1n) is 6.35. The van der Waals surface area contributed by atoms with Crippen molar-refractivity contribution in [2.45, 2.75) is 12.2 Å². The highest BCUT2D eigenvalue weighted by atomic mass is 32.2. The minimum absolute atomic E-state index is 0.120. The predicted octanol–water partition coefficient (Wildman–Crippen LogP) is 2.04. The van der Waals surface area contributed by atoms with Gasteiger partial charge in [0.2, 0.25) is 10.0 Å². The molecular formula is C14H16N2O2S3. The van der Waals surface area contributed by atoms with Gasteiger partial charge in [0.05, 0.1) is 5.75 Å². The molecule has 0 fully saturated rings. The Morgan fingerprint density at radius 3 is 2.67 bits per heavy atom. The van der Waals surface area contributed by atoms with Crippen LogP contribution in [-0.2, 0) is 22.2 Å². The molecule has 1 aromatic heterocycles. The summed E-state index contributed by atoms with van der Waals surface area (Å²) in [4.78, 5) is 1.36. The van der Waals surface area contributed by atoms with Gasteiger partial charge in [-0.3, -0.25) is 0 Å². The van der Waals surface area contributed by atoms with Crippen LogP contribution in [0.2, 0.25) is 0 Å². The zero-order valence-corrected chi connectivity index (χ0v) is 13.7. The largest absolute Gasteiger partial charge is 0.389 e. The minimum atomic E-state index is -3.40. The van der Waals surface area contributed by atoms with Gasteiger partial charge in [-0.05, 0) is 23.4 Å². The molecule has 4 nitrogen and oxygen atoms in total. The van der Waals surface area contributed by atoms with E-state index >= 15 is 0 Å². The number of sulfonamides is 1. The summed E-state index contributed by atoms with van der Waals surface area (Å²) < 4.78 is 26.8. The van der Waals surface area contributed by atoms with Crippen molar-refractivity contribution >= 4 is 38.6 Å². The van der Waals surface area contributed by atoms with Crippen LogP contribution in [0.25, 0.3) is 0 Å².